The second-order valence-corrected chi connectivity index (χ2v) is 4.58. The van der Waals surface area contributed by atoms with E-state index in [0.29, 0.717) is 17.8 Å². The number of amides is 1. The number of carbonyl (C=O) groups excluding carboxylic acids is 1. The van der Waals surface area contributed by atoms with Crippen LogP contribution >= 0.6 is 15.9 Å². The van der Waals surface area contributed by atoms with Crippen LogP contribution in [0, 0.1) is 5.92 Å². The molecule has 1 aromatic heterocycles. The lowest BCUT2D eigenvalue weighted by Crippen LogP contribution is -2.34. The predicted octanol–water partition coefficient (Wildman–Crippen LogP) is 0.352. The van der Waals surface area contributed by atoms with Gasteiger partial charge in [0.15, 0.2) is 10.4 Å². The minimum absolute atomic E-state index is 0.0716. The second-order valence-electron chi connectivity index (χ2n) is 3.80. The first-order chi connectivity index (χ1) is 7.66. The summed E-state index contributed by atoms with van der Waals surface area (Å²) in [6, 6.07) is 3.27. The van der Waals surface area contributed by atoms with E-state index in [0.717, 1.165) is 6.54 Å². The van der Waals surface area contributed by atoms with Gasteiger partial charge in [0.1, 0.15) is 0 Å². The SMILES string of the molecule is O=C(NCC1CNCC1O)c1ccc(Br)o1. The van der Waals surface area contributed by atoms with Crippen LogP contribution in [0.25, 0.3) is 0 Å². The first-order valence-electron chi connectivity index (χ1n) is 5.09. The normalized spacial score (nSPS) is 24.6. The largest absolute Gasteiger partial charge is 0.444 e. The zero-order valence-electron chi connectivity index (χ0n) is 8.57. The van der Waals surface area contributed by atoms with Crippen molar-refractivity contribution < 1.29 is 14.3 Å². The molecule has 2 unspecified atom stereocenters. The molecule has 0 saturated carbocycles. The Morgan fingerprint density at radius 3 is 3.00 bits per heavy atom. The maximum Gasteiger partial charge on any atom is 0.287 e. The lowest BCUT2D eigenvalue weighted by molar-refractivity contribution is 0.0898. The van der Waals surface area contributed by atoms with E-state index in [9.17, 15) is 9.90 Å². The van der Waals surface area contributed by atoms with Crippen LogP contribution in [0.2, 0.25) is 0 Å². The van der Waals surface area contributed by atoms with Crippen LogP contribution in [0.5, 0.6) is 0 Å². The average Bonchev–Trinajstić information content (AvgIpc) is 2.84. The summed E-state index contributed by atoms with van der Waals surface area (Å²) >= 11 is 3.13. The Morgan fingerprint density at radius 1 is 1.62 bits per heavy atom. The fourth-order valence-electron chi connectivity index (χ4n) is 1.67. The Morgan fingerprint density at radius 2 is 2.44 bits per heavy atom. The Hall–Kier alpha value is -0.850. The smallest absolute Gasteiger partial charge is 0.287 e. The van der Waals surface area contributed by atoms with Crippen molar-refractivity contribution in [2.24, 2.45) is 5.92 Å². The third-order valence-electron chi connectivity index (χ3n) is 2.63. The van der Waals surface area contributed by atoms with Crippen LogP contribution in [0.1, 0.15) is 10.6 Å². The summed E-state index contributed by atoms with van der Waals surface area (Å²) < 4.78 is 5.64. The first kappa shape index (κ1) is 11.6. The van der Waals surface area contributed by atoms with Crippen molar-refractivity contribution >= 4 is 21.8 Å². The van der Waals surface area contributed by atoms with Gasteiger partial charge in [0.2, 0.25) is 0 Å². The topological polar surface area (TPSA) is 74.5 Å². The molecule has 0 spiro atoms. The lowest BCUT2D eigenvalue weighted by atomic mass is 10.1. The molecule has 16 heavy (non-hydrogen) atoms. The molecule has 1 fully saturated rings. The van der Waals surface area contributed by atoms with Gasteiger partial charge in [-0.3, -0.25) is 4.79 Å². The van der Waals surface area contributed by atoms with Crippen molar-refractivity contribution in [1.29, 1.82) is 0 Å². The molecule has 0 aromatic carbocycles. The standard InChI is InChI=1S/C10H13BrN2O3/c11-9-2-1-8(16-9)10(15)13-4-6-3-12-5-7(6)14/h1-2,6-7,12,14H,3-5H2,(H,13,15). The Labute approximate surface area is 101 Å². The fourth-order valence-corrected chi connectivity index (χ4v) is 1.98. The van der Waals surface area contributed by atoms with E-state index in [-0.39, 0.29) is 23.7 Å². The van der Waals surface area contributed by atoms with Crippen molar-refractivity contribution in [1.82, 2.24) is 10.6 Å². The number of nitrogens with one attached hydrogen (secondary N) is 2. The van der Waals surface area contributed by atoms with Gasteiger partial charge in [0.25, 0.3) is 5.91 Å². The van der Waals surface area contributed by atoms with Gasteiger partial charge in [0.05, 0.1) is 6.10 Å². The second kappa shape index (κ2) is 4.99. The monoisotopic (exact) mass is 288 g/mol. The molecule has 1 aliphatic heterocycles. The highest BCUT2D eigenvalue weighted by molar-refractivity contribution is 9.10. The van der Waals surface area contributed by atoms with Crippen LogP contribution in [0.4, 0.5) is 0 Å². The molecule has 0 radical (unpaired) electrons. The quantitative estimate of drug-likeness (QED) is 0.751. The van der Waals surface area contributed by atoms with Crippen LogP contribution in [0.15, 0.2) is 21.2 Å². The van der Waals surface area contributed by atoms with Crippen molar-refractivity contribution in [2.75, 3.05) is 19.6 Å². The number of aliphatic hydroxyl groups is 1. The van der Waals surface area contributed by atoms with E-state index in [1.807, 2.05) is 0 Å². The van der Waals surface area contributed by atoms with Crippen molar-refractivity contribution in [3.63, 3.8) is 0 Å². The maximum absolute atomic E-state index is 11.6. The summed E-state index contributed by atoms with van der Waals surface area (Å²) in [6.45, 7) is 1.77. The Balaban J connectivity index is 1.84. The molecule has 1 amide bonds. The molecule has 1 saturated heterocycles. The number of β-amino-alcohol motifs (C(OH)–C–C–N with tert-alkyl or cyclic N) is 1. The first-order valence-corrected chi connectivity index (χ1v) is 5.88. The third kappa shape index (κ3) is 2.63. The van der Waals surface area contributed by atoms with E-state index < -0.39 is 0 Å². The van der Waals surface area contributed by atoms with E-state index in [2.05, 4.69) is 26.6 Å². The highest BCUT2D eigenvalue weighted by Crippen LogP contribution is 2.14. The van der Waals surface area contributed by atoms with E-state index in [4.69, 9.17) is 4.42 Å². The molecule has 2 heterocycles. The molecule has 2 atom stereocenters. The molecular weight excluding hydrogens is 276 g/mol. The highest BCUT2D eigenvalue weighted by Gasteiger charge is 2.25. The average molecular weight is 289 g/mol. The van der Waals surface area contributed by atoms with Gasteiger partial charge >= 0.3 is 0 Å². The van der Waals surface area contributed by atoms with Gasteiger partial charge in [-0.1, -0.05) is 0 Å². The zero-order valence-corrected chi connectivity index (χ0v) is 10.2. The molecule has 3 N–H and O–H groups in total. The van der Waals surface area contributed by atoms with Crippen LogP contribution in [-0.2, 0) is 0 Å². The summed E-state index contributed by atoms with van der Waals surface area (Å²) in [5.41, 5.74) is 0. The van der Waals surface area contributed by atoms with Gasteiger partial charge in [-0.05, 0) is 28.1 Å². The van der Waals surface area contributed by atoms with E-state index in [1.165, 1.54) is 0 Å². The highest BCUT2D eigenvalue weighted by atomic mass is 79.9. The van der Waals surface area contributed by atoms with Crippen molar-refractivity contribution in [2.45, 2.75) is 6.10 Å². The van der Waals surface area contributed by atoms with Crippen LogP contribution < -0.4 is 10.6 Å². The van der Waals surface area contributed by atoms with Gasteiger partial charge in [-0.2, -0.15) is 0 Å². The molecular formula is C10H13BrN2O3. The van der Waals surface area contributed by atoms with Crippen LogP contribution in [0.3, 0.4) is 0 Å². The fraction of sp³-hybridized carbons (Fsp3) is 0.500. The maximum atomic E-state index is 11.6. The molecule has 2 rings (SSSR count). The summed E-state index contributed by atoms with van der Waals surface area (Å²) in [7, 11) is 0. The Kier molecular flexibility index (Phi) is 3.63. The molecule has 88 valence electrons. The number of aliphatic hydroxyl groups excluding tert-OH is 1. The minimum Gasteiger partial charge on any atom is -0.444 e. The third-order valence-corrected chi connectivity index (χ3v) is 3.05. The molecule has 0 aliphatic carbocycles. The summed E-state index contributed by atoms with van der Waals surface area (Å²) in [5.74, 6) is 0.0828. The molecule has 5 nitrogen and oxygen atoms in total. The van der Waals surface area contributed by atoms with Gasteiger partial charge in [0, 0.05) is 25.6 Å². The van der Waals surface area contributed by atoms with Crippen LogP contribution in [-0.4, -0.2) is 36.8 Å². The number of halogens is 1. The number of hydrogen-bond acceptors (Lipinski definition) is 4. The molecule has 0 bridgehead atoms. The van der Waals surface area contributed by atoms with Crippen molar-refractivity contribution in [3.05, 3.63) is 22.6 Å². The van der Waals surface area contributed by atoms with Gasteiger partial charge < -0.3 is 20.2 Å². The lowest BCUT2D eigenvalue weighted by Gasteiger charge is -2.13. The van der Waals surface area contributed by atoms with E-state index in [1.54, 1.807) is 12.1 Å². The minimum atomic E-state index is -0.386. The summed E-state index contributed by atoms with van der Waals surface area (Å²) in [4.78, 5) is 11.6. The summed E-state index contributed by atoms with van der Waals surface area (Å²) in [5, 5.41) is 15.3. The van der Waals surface area contributed by atoms with Gasteiger partial charge in [-0.25, -0.2) is 0 Å². The number of rotatable bonds is 3. The molecule has 6 heteroatoms. The number of hydrogen-bond donors (Lipinski definition) is 3. The van der Waals surface area contributed by atoms with E-state index >= 15 is 0 Å². The Bertz CT molecular complexity index is 380. The van der Waals surface area contributed by atoms with Gasteiger partial charge in [-0.15, -0.1) is 0 Å². The number of furan rings is 1. The summed E-state index contributed by atoms with van der Waals surface area (Å²) in [6.07, 6.45) is -0.386. The number of carbonyl (C=O) groups is 1. The molecule has 1 aliphatic rings. The molecule has 1 aromatic rings. The van der Waals surface area contributed by atoms with Crippen molar-refractivity contribution in [3.8, 4) is 0 Å². The predicted molar refractivity (Wildman–Crippen MR) is 61.1 cm³/mol. The zero-order chi connectivity index (χ0) is 11.5.